The molecule has 0 bridgehead atoms. The van der Waals surface area contributed by atoms with Crippen molar-refractivity contribution in [1.29, 1.82) is 0 Å². The average molecular weight is 368 g/mol. The fraction of sp³-hybridized carbons (Fsp3) is 0.0667. The molecule has 108 valence electrons. The van der Waals surface area contributed by atoms with Gasteiger partial charge in [0.1, 0.15) is 4.83 Å². The summed E-state index contributed by atoms with van der Waals surface area (Å²) in [4.78, 5) is 23.2. The topological polar surface area (TPSA) is 58.2 Å². The first-order valence-corrected chi connectivity index (χ1v) is 7.42. The van der Waals surface area contributed by atoms with Crippen LogP contribution in [0.1, 0.15) is 20.7 Å². The van der Waals surface area contributed by atoms with E-state index in [1.165, 1.54) is 0 Å². The lowest BCUT2D eigenvalue weighted by atomic mass is 10.1. The molecule has 2 N–H and O–H groups in total. The minimum Gasteiger partial charge on any atom is -0.272 e. The molecule has 0 aromatic heterocycles. The number of hydrogen-bond acceptors (Lipinski definition) is 2. The van der Waals surface area contributed by atoms with Crippen LogP contribution in [0.3, 0.4) is 0 Å². The summed E-state index contributed by atoms with van der Waals surface area (Å²) in [6.45, 7) is 0. The molecule has 0 saturated carbocycles. The summed E-state index contributed by atoms with van der Waals surface area (Å²) < 4.78 is 0. The predicted octanol–water partition coefficient (Wildman–Crippen LogP) is 3.24. The van der Waals surface area contributed by atoms with Gasteiger partial charge < -0.3 is 0 Å². The molecule has 6 heteroatoms. The number of hydrazine groups is 1. The maximum Gasteiger partial charge on any atom is 0.269 e. The molecule has 1 unspecified atom stereocenters. The summed E-state index contributed by atoms with van der Waals surface area (Å²) in [7, 11) is 0. The molecule has 0 aliphatic carbocycles. The fourth-order valence-electron chi connectivity index (χ4n) is 1.63. The Bertz CT molecular complexity index is 632. The van der Waals surface area contributed by atoms with Gasteiger partial charge in [0.15, 0.2) is 0 Å². The number of alkyl halides is 1. The molecule has 1 atom stereocenters. The standard InChI is InChI=1S/C15H12BrClN2O2/c16-13(10-6-8-12(17)9-7-10)15(21)19-18-14(20)11-4-2-1-3-5-11/h1-9,13H,(H,18,20)(H,19,21). The zero-order chi connectivity index (χ0) is 15.2. The zero-order valence-corrected chi connectivity index (χ0v) is 13.2. The van der Waals surface area contributed by atoms with Crippen molar-refractivity contribution in [1.82, 2.24) is 10.9 Å². The summed E-state index contributed by atoms with van der Waals surface area (Å²) in [6.07, 6.45) is 0. The third-order valence-electron chi connectivity index (χ3n) is 2.73. The number of nitrogens with one attached hydrogen (secondary N) is 2. The molecule has 0 saturated heterocycles. The summed E-state index contributed by atoms with van der Waals surface area (Å²) in [5, 5.41) is 0.594. The normalized spacial score (nSPS) is 11.5. The number of benzene rings is 2. The minimum atomic E-state index is -0.578. The van der Waals surface area contributed by atoms with E-state index in [4.69, 9.17) is 11.6 Å². The van der Waals surface area contributed by atoms with Gasteiger partial charge in [0.2, 0.25) is 0 Å². The molecule has 0 heterocycles. The molecular weight excluding hydrogens is 356 g/mol. The van der Waals surface area contributed by atoms with Crippen LogP contribution >= 0.6 is 27.5 Å². The lowest BCUT2D eigenvalue weighted by Gasteiger charge is -2.12. The summed E-state index contributed by atoms with van der Waals surface area (Å²) in [6, 6.07) is 15.5. The SMILES string of the molecule is O=C(NNC(=O)C(Br)c1ccc(Cl)cc1)c1ccccc1. The molecule has 0 fully saturated rings. The van der Waals surface area contributed by atoms with Crippen LogP contribution in [-0.2, 0) is 4.79 Å². The molecule has 2 aromatic rings. The maximum atomic E-state index is 12.0. The van der Waals surface area contributed by atoms with E-state index in [0.29, 0.717) is 10.6 Å². The first-order chi connectivity index (χ1) is 10.1. The highest BCUT2D eigenvalue weighted by Crippen LogP contribution is 2.23. The number of halogens is 2. The van der Waals surface area contributed by atoms with Crippen LogP contribution in [0.5, 0.6) is 0 Å². The second-order valence-corrected chi connectivity index (χ2v) is 5.58. The molecule has 0 spiro atoms. The van der Waals surface area contributed by atoms with Gasteiger partial charge >= 0.3 is 0 Å². The van der Waals surface area contributed by atoms with Crippen LogP contribution in [0.25, 0.3) is 0 Å². The Morgan fingerprint density at radius 3 is 2.19 bits per heavy atom. The first-order valence-electron chi connectivity index (χ1n) is 6.12. The van der Waals surface area contributed by atoms with Crippen LogP contribution in [0, 0.1) is 0 Å². The highest BCUT2D eigenvalue weighted by atomic mass is 79.9. The van der Waals surface area contributed by atoms with Crippen molar-refractivity contribution in [3.63, 3.8) is 0 Å². The van der Waals surface area contributed by atoms with Gasteiger partial charge in [-0.2, -0.15) is 0 Å². The molecule has 2 aromatic carbocycles. The van der Waals surface area contributed by atoms with Crippen LogP contribution in [0.15, 0.2) is 54.6 Å². The number of rotatable bonds is 3. The van der Waals surface area contributed by atoms with E-state index < -0.39 is 4.83 Å². The van der Waals surface area contributed by atoms with E-state index >= 15 is 0 Å². The van der Waals surface area contributed by atoms with Crippen LogP contribution in [0.2, 0.25) is 5.02 Å². The van der Waals surface area contributed by atoms with Crippen molar-refractivity contribution in [2.24, 2.45) is 0 Å². The molecule has 0 aliphatic heterocycles. The Morgan fingerprint density at radius 2 is 1.57 bits per heavy atom. The monoisotopic (exact) mass is 366 g/mol. The molecule has 4 nitrogen and oxygen atoms in total. The summed E-state index contributed by atoms with van der Waals surface area (Å²) in [5.74, 6) is -0.749. The number of amides is 2. The van der Waals surface area contributed by atoms with Crippen molar-refractivity contribution in [2.45, 2.75) is 4.83 Å². The lowest BCUT2D eigenvalue weighted by Crippen LogP contribution is -2.43. The first kappa shape index (κ1) is 15.5. The smallest absolute Gasteiger partial charge is 0.269 e. The molecule has 21 heavy (non-hydrogen) atoms. The third-order valence-corrected chi connectivity index (χ3v) is 3.92. The molecular formula is C15H12BrClN2O2. The van der Waals surface area contributed by atoms with Crippen molar-refractivity contribution in [2.75, 3.05) is 0 Å². The molecule has 0 aliphatic rings. The van der Waals surface area contributed by atoms with Crippen molar-refractivity contribution in [3.8, 4) is 0 Å². The van der Waals surface area contributed by atoms with E-state index in [1.807, 2.05) is 6.07 Å². The average Bonchev–Trinajstić information content (AvgIpc) is 2.53. The van der Waals surface area contributed by atoms with Crippen LogP contribution < -0.4 is 10.9 Å². The molecule has 2 rings (SSSR count). The van der Waals surface area contributed by atoms with Crippen molar-refractivity contribution < 1.29 is 9.59 Å². The van der Waals surface area contributed by atoms with Gasteiger partial charge in [-0.05, 0) is 29.8 Å². The highest BCUT2D eigenvalue weighted by molar-refractivity contribution is 9.09. The van der Waals surface area contributed by atoms with Gasteiger partial charge in [0, 0.05) is 10.6 Å². The summed E-state index contributed by atoms with van der Waals surface area (Å²) >= 11 is 9.07. The Labute approximate surface area is 135 Å². The van der Waals surface area contributed by atoms with Gasteiger partial charge in [-0.3, -0.25) is 20.4 Å². The Balaban J connectivity index is 1.92. The van der Waals surface area contributed by atoms with Gasteiger partial charge in [-0.25, -0.2) is 0 Å². The third kappa shape index (κ3) is 4.31. The molecule has 2 amide bonds. The Hall–Kier alpha value is -1.85. The fourth-order valence-corrected chi connectivity index (χ4v) is 2.17. The number of carbonyl (C=O) groups is 2. The number of carbonyl (C=O) groups excluding carboxylic acids is 2. The van der Waals surface area contributed by atoms with Crippen molar-refractivity contribution >= 4 is 39.3 Å². The Morgan fingerprint density at radius 1 is 0.952 bits per heavy atom. The Kier molecular flexibility index (Phi) is 5.36. The quantitative estimate of drug-likeness (QED) is 0.646. The molecule has 0 radical (unpaired) electrons. The minimum absolute atomic E-state index is 0.374. The second-order valence-electron chi connectivity index (χ2n) is 4.22. The predicted molar refractivity (Wildman–Crippen MR) is 85.2 cm³/mol. The van der Waals surface area contributed by atoms with Gasteiger partial charge in [-0.1, -0.05) is 57.9 Å². The van der Waals surface area contributed by atoms with Crippen molar-refractivity contribution in [3.05, 3.63) is 70.7 Å². The largest absolute Gasteiger partial charge is 0.272 e. The van der Waals surface area contributed by atoms with E-state index in [2.05, 4.69) is 26.8 Å². The van der Waals surface area contributed by atoms with Gasteiger partial charge in [0.05, 0.1) is 0 Å². The van der Waals surface area contributed by atoms with E-state index in [1.54, 1.807) is 48.5 Å². The number of hydrogen-bond donors (Lipinski definition) is 2. The maximum absolute atomic E-state index is 12.0. The van der Waals surface area contributed by atoms with E-state index in [-0.39, 0.29) is 11.8 Å². The lowest BCUT2D eigenvalue weighted by molar-refractivity contribution is -0.121. The van der Waals surface area contributed by atoms with Crippen LogP contribution in [-0.4, -0.2) is 11.8 Å². The summed E-state index contributed by atoms with van der Waals surface area (Å²) in [5.41, 5.74) is 5.95. The van der Waals surface area contributed by atoms with Gasteiger partial charge in [0.25, 0.3) is 11.8 Å². The highest BCUT2D eigenvalue weighted by Gasteiger charge is 2.17. The zero-order valence-electron chi connectivity index (χ0n) is 10.8. The van der Waals surface area contributed by atoms with E-state index in [0.717, 1.165) is 5.56 Å². The van der Waals surface area contributed by atoms with E-state index in [9.17, 15) is 9.59 Å². The van der Waals surface area contributed by atoms with Crippen LogP contribution in [0.4, 0.5) is 0 Å². The van der Waals surface area contributed by atoms with Gasteiger partial charge in [-0.15, -0.1) is 0 Å². The second kappa shape index (κ2) is 7.24.